The van der Waals surface area contributed by atoms with Gasteiger partial charge in [0.25, 0.3) is 0 Å². The third-order valence-electron chi connectivity index (χ3n) is 6.15. The number of unbranched alkanes of at least 4 members (excludes halogenated alkanes) is 13. The van der Waals surface area contributed by atoms with Crippen LogP contribution in [0.25, 0.3) is 0 Å². The van der Waals surface area contributed by atoms with Crippen molar-refractivity contribution in [2.75, 3.05) is 25.6 Å². The first-order chi connectivity index (χ1) is 17.9. The second kappa shape index (κ2) is 20.6. The van der Waals surface area contributed by atoms with Gasteiger partial charge in [0.2, 0.25) is 5.85 Å². The van der Waals surface area contributed by atoms with Gasteiger partial charge in [-0.15, -0.1) is 0 Å². The third kappa shape index (κ3) is 15.0. The lowest BCUT2D eigenvalue weighted by Gasteiger charge is -2.30. The van der Waals surface area contributed by atoms with Gasteiger partial charge in [0, 0.05) is 13.7 Å². The quantitative estimate of drug-likeness (QED) is 0.0737. The van der Waals surface area contributed by atoms with Crippen LogP contribution in [-0.4, -0.2) is 47.3 Å². The van der Waals surface area contributed by atoms with Crippen molar-refractivity contribution >= 4 is 13.4 Å². The van der Waals surface area contributed by atoms with Crippen molar-refractivity contribution in [1.82, 2.24) is 9.97 Å². The smallest absolute Gasteiger partial charge is 0.361 e. The maximum atomic E-state index is 14.2. The fourth-order valence-electron chi connectivity index (χ4n) is 4.05. The number of ether oxygens (including phenoxy) is 2. The molecule has 1 rings (SSSR count). The van der Waals surface area contributed by atoms with E-state index in [0.717, 1.165) is 25.5 Å². The molecule has 0 aliphatic carbocycles. The van der Waals surface area contributed by atoms with Gasteiger partial charge in [0.05, 0.1) is 12.8 Å². The molecule has 0 aromatic carbocycles. The van der Waals surface area contributed by atoms with E-state index in [4.69, 9.17) is 14.0 Å². The van der Waals surface area contributed by atoms with Crippen molar-refractivity contribution in [1.29, 1.82) is 0 Å². The van der Waals surface area contributed by atoms with Crippen LogP contribution in [0.2, 0.25) is 0 Å². The maximum Gasteiger partial charge on any atom is 0.361 e. The monoisotopic (exact) mass is 549 g/mol. The molecule has 0 saturated carbocycles. The summed E-state index contributed by atoms with van der Waals surface area (Å²) >= 11 is 0. The average molecular weight is 550 g/mol. The van der Waals surface area contributed by atoms with Crippen molar-refractivity contribution in [3.05, 3.63) is 22.5 Å². The van der Waals surface area contributed by atoms with E-state index >= 15 is 0 Å². The van der Waals surface area contributed by atoms with E-state index in [1.807, 2.05) is 0 Å². The highest BCUT2D eigenvalue weighted by molar-refractivity contribution is 7.53. The van der Waals surface area contributed by atoms with Gasteiger partial charge in [-0.2, -0.15) is 4.98 Å². The Kier molecular flexibility index (Phi) is 18.8. The predicted octanol–water partition coefficient (Wildman–Crippen LogP) is 6.73. The van der Waals surface area contributed by atoms with Crippen LogP contribution in [0.1, 0.15) is 110 Å². The highest BCUT2D eigenvalue weighted by Gasteiger charge is 2.40. The molecule has 0 bridgehead atoms. The number of hydrogen-bond acceptors (Lipinski definition) is 7. The number of anilines is 1. The Bertz CT molecular complexity index is 813. The molecule has 0 radical (unpaired) electrons. The molecule has 3 unspecified atom stereocenters. The van der Waals surface area contributed by atoms with Crippen LogP contribution in [0.4, 0.5) is 10.2 Å². The average Bonchev–Trinajstić information content (AvgIpc) is 2.87. The molecule has 0 spiro atoms. The molecule has 0 saturated heterocycles. The number of H-pyrrole nitrogens is 1. The molecule has 37 heavy (non-hydrogen) atoms. The summed E-state index contributed by atoms with van der Waals surface area (Å²) in [6.07, 6.45) is 17.2. The van der Waals surface area contributed by atoms with E-state index in [1.165, 1.54) is 77.7 Å². The molecule has 0 aliphatic rings. The van der Waals surface area contributed by atoms with Crippen LogP contribution >= 0.6 is 7.60 Å². The zero-order valence-corrected chi connectivity index (χ0v) is 23.9. The zero-order chi connectivity index (χ0) is 27.4. The van der Waals surface area contributed by atoms with E-state index in [2.05, 4.69) is 22.2 Å². The van der Waals surface area contributed by atoms with Gasteiger partial charge >= 0.3 is 13.3 Å². The summed E-state index contributed by atoms with van der Waals surface area (Å²) in [5, 5.41) is 2.64. The lowest BCUT2D eigenvalue weighted by molar-refractivity contribution is -0.0196. The summed E-state index contributed by atoms with van der Waals surface area (Å²) in [5.74, 6) is -2.56. The number of hydrogen-bond donors (Lipinski definition) is 3. The molecule has 0 amide bonds. The minimum absolute atomic E-state index is 0.0553. The van der Waals surface area contributed by atoms with Crippen LogP contribution in [-0.2, 0) is 18.6 Å². The molecule has 1 heterocycles. The first-order valence-electron chi connectivity index (χ1n) is 14.0. The Morgan fingerprint density at radius 2 is 1.49 bits per heavy atom. The molecular formula is C26H49FN3O6P. The van der Waals surface area contributed by atoms with Crippen molar-refractivity contribution < 1.29 is 27.8 Å². The van der Waals surface area contributed by atoms with Crippen molar-refractivity contribution in [2.24, 2.45) is 0 Å². The molecule has 3 atom stereocenters. The molecule has 216 valence electrons. The molecule has 1 aromatic rings. The van der Waals surface area contributed by atoms with Crippen LogP contribution < -0.4 is 11.0 Å². The van der Waals surface area contributed by atoms with E-state index in [1.54, 1.807) is 6.92 Å². The van der Waals surface area contributed by atoms with Crippen LogP contribution in [0, 0.1) is 5.82 Å². The van der Waals surface area contributed by atoms with Crippen LogP contribution in [0.5, 0.6) is 0 Å². The fraction of sp³-hybridized carbons (Fsp3) is 0.846. The van der Waals surface area contributed by atoms with E-state index in [9.17, 15) is 18.6 Å². The minimum atomic E-state index is -4.27. The van der Waals surface area contributed by atoms with Gasteiger partial charge in [-0.25, -0.2) is 9.18 Å². The first kappa shape index (κ1) is 33.7. The number of methoxy groups -OCH3 is 1. The number of aromatic nitrogens is 2. The molecule has 1 aromatic heterocycles. The Hall–Kier alpha value is -1.32. The summed E-state index contributed by atoms with van der Waals surface area (Å²) in [6.45, 7) is 4.37. The molecule has 0 aliphatic heterocycles. The summed E-state index contributed by atoms with van der Waals surface area (Å²) in [5.41, 5.74) is -0.766. The van der Waals surface area contributed by atoms with Crippen molar-refractivity contribution in [3.63, 3.8) is 0 Å². The van der Waals surface area contributed by atoms with Gasteiger partial charge in [0.1, 0.15) is 5.82 Å². The standard InChI is InChI=1S/C26H49FN3O6P/c1-4-6-7-8-9-10-11-12-13-14-15-16-17-18-20-35-24(25(34-3)37(32,33)36-19-5-2)29-23-22(27)21-28-26(31)30-23/h21,24-25H,4-20H2,1-3H3,(H,32,33)(H2,28,29,30,31). The van der Waals surface area contributed by atoms with Crippen molar-refractivity contribution in [2.45, 2.75) is 122 Å². The van der Waals surface area contributed by atoms with Crippen LogP contribution in [0.15, 0.2) is 11.0 Å². The van der Waals surface area contributed by atoms with Gasteiger partial charge in [-0.3, -0.25) is 9.55 Å². The Balaban J connectivity index is 2.42. The summed E-state index contributed by atoms with van der Waals surface area (Å²) in [4.78, 5) is 27.5. The number of nitrogens with zero attached hydrogens (tertiary/aromatic N) is 1. The summed E-state index contributed by atoms with van der Waals surface area (Å²) < 4.78 is 43.1. The number of rotatable bonds is 24. The highest BCUT2D eigenvalue weighted by Crippen LogP contribution is 2.50. The zero-order valence-electron chi connectivity index (χ0n) is 23.0. The van der Waals surface area contributed by atoms with Gasteiger partial charge in [-0.1, -0.05) is 97.3 Å². The number of halogens is 1. The highest BCUT2D eigenvalue weighted by atomic mass is 31.2. The van der Waals surface area contributed by atoms with E-state index in [-0.39, 0.29) is 19.0 Å². The topological polar surface area (TPSA) is 123 Å². The van der Waals surface area contributed by atoms with Gasteiger partial charge < -0.3 is 24.2 Å². The second-order valence-corrected chi connectivity index (χ2v) is 11.4. The maximum absolute atomic E-state index is 14.2. The first-order valence-corrected chi connectivity index (χ1v) is 15.6. The molecule has 3 N–H and O–H groups in total. The van der Waals surface area contributed by atoms with Gasteiger partial charge in [-0.05, 0) is 12.8 Å². The van der Waals surface area contributed by atoms with Gasteiger partial charge in [0.15, 0.2) is 12.0 Å². The Labute approximate surface area is 221 Å². The summed E-state index contributed by atoms with van der Waals surface area (Å²) in [7, 11) is -3.02. The lowest BCUT2D eigenvalue weighted by atomic mass is 10.0. The molecule has 9 nitrogen and oxygen atoms in total. The number of nitrogens with one attached hydrogen (secondary N) is 2. The SMILES string of the molecule is CCCCCCCCCCCCCCCCOC(Nc1[nH]c(=O)ncc1F)C(OC)P(=O)(O)OCCC. The van der Waals surface area contributed by atoms with Crippen LogP contribution in [0.3, 0.4) is 0 Å². The second-order valence-electron chi connectivity index (χ2n) is 9.47. The largest absolute Gasteiger partial charge is 0.365 e. The minimum Gasteiger partial charge on any atom is -0.365 e. The Morgan fingerprint density at radius 3 is 2.00 bits per heavy atom. The summed E-state index contributed by atoms with van der Waals surface area (Å²) in [6, 6.07) is 0. The van der Waals surface area contributed by atoms with Crippen molar-refractivity contribution in [3.8, 4) is 0 Å². The number of aromatic amines is 1. The fourth-order valence-corrected chi connectivity index (χ4v) is 5.41. The predicted molar refractivity (Wildman–Crippen MR) is 145 cm³/mol. The Morgan fingerprint density at radius 1 is 0.946 bits per heavy atom. The normalized spacial score (nSPS) is 14.8. The van der Waals surface area contributed by atoms with E-state index < -0.39 is 31.2 Å². The van der Waals surface area contributed by atoms with E-state index in [0.29, 0.717) is 6.42 Å². The molecule has 0 fully saturated rings. The molecule has 11 heteroatoms. The molecular weight excluding hydrogens is 500 g/mol. The third-order valence-corrected chi connectivity index (χ3v) is 7.83. The lowest BCUT2D eigenvalue weighted by Crippen LogP contribution is -2.39.